The summed E-state index contributed by atoms with van der Waals surface area (Å²) < 4.78 is 2.24. The van der Waals surface area contributed by atoms with E-state index < -0.39 is 0 Å². The number of para-hydroxylation sites is 1. The zero-order chi connectivity index (χ0) is 13.8. The minimum atomic E-state index is -0.00703. The predicted molar refractivity (Wildman–Crippen MR) is 83.8 cm³/mol. The van der Waals surface area contributed by atoms with Gasteiger partial charge in [0.25, 0.3) is 0 Å². The molecule has 106 valence electrons. The number of rotatable bonds is 5. The summed E-state index contributed by atoms with van der Waals surface area (Å²) in [5, 5.41) is 7.46. The molecular formula is C15H19N3OS. The van der Waals surface area contributed by atoms with Gasteiger partial charge < -0.3 is 9.88 Å². The lowest BCUT2D eigenvalue weighted by Gasteiger charge is -2.11. The number of nitrogens with one attached hydrogen (secondary N) is 2. The normalized spacial score (nSPS) is 18.5. The molecule has 2 heterocycles. The summed E-state index contributed by atoms with van der Waals surface area (Å²) in [5.74, 6) is 1.90. The first-order valence-electron chi connectivity index (χ1n) is 6.97. The van der Waals surface area contributed by atoms with Gasteiger partial charge in [-0.15, -0.1) is 11.8 Å². The number of fused-ring (bicyclic) bond motifs is 1. The Labute approximate surface area is 122 Å². The summed E-state index contributed by atoms with van der Waals surface area (Å²) in [6, 6.07) is 10.5. The molecule has 0 spiro atoms. The molecule has 1 aliphatic rings. The van der Waals surface area contributed by atoms with E-state index in [1.807, 2.05) is 0 Å². The molecule has 0 saturated carbocycles. The number of carbonyl (C=O) groups is 1. The van der Waals surface area contributed by atoms with Crippen LogP contribution in [0.15, 0.2) is 36.5 Å². The van der Waals surface area contributed by atoms with Crippen LogP contribution in [0, 0.1) is 0 Å². The van der Waals surface area contributed by atoms with Crippen LogP contribution in [0.1, 0.15) is 6.42 Å². The average molecular weight is 289 g/mol. The highest BCUT2D eigenvalue weighted by atomic mass is 32.2. The molecule has 2 aromatic rings. The summed E-state index contributed by atoms with van der Waals surface area (Å²) in [6.07, 6.45) is 3.06. The van der Waals surface area contributed by atoms with Crippen molar-refractivity contribution in [3.8, 4) is 0 Å². The predicted octanol–water partition coefficient (Wildman–Crippen LogP) is 1.81. The van der Waals surface area contributed by atoms with Gasteiger partial charge in [-0.25, -0.2) is 0 Å². The number of aryl methyl sites for hydroxylation is 1. The highest BCUT2D eigenvalue weighted by molar-refractivity contribution is 7.99. The molecule has 5 heteroatoms. The number of hydrogen-bond donors (Lipinski definition) is 2. The second-order valence-corrected chi connectivity index (χ2v) is 6.01. The molecule has 1 aliphatic heterocycles. The molecule has 1 fully saturated rings. The number of nitrogens with zero attached hydrogens (tertiary/aromatic N) is 1. The fraction of sp³-hybridized carbons (Fsp3) is 0.400. The molecule has 1 atom stereocenters. The van der Waals surface area contributed by atoms with Gasteiger partial charge in [-0.3, -0.25) is 10.1 Å². The molecule has 3 rings (SSSR count). The topological polar surface area (TPSA) is 46.1 Å². The van der Waals surface area contributed by atoms with Crippen LogP contribution in [0.5, 0.6) is 0 Å². The molecule has 0 radical (unpaired) electrons. The maximum Gasteiger partial charge on any atom is 0.238 e. The Morgan fingerprint density at radius 3 is 3.15 bits per heavy atom. The number of thioether (sulfide) groups is 1. The number of hydrogen-bond acceptors (Lipinski definition) is 3. The third-order valence-corrected chi connectivity index (χ3v) is 4.53. The molecular weight excluding hydrogens is 270 g/mol. The van der Waals surface area contributed by atoms with E-state index in [1.54, 1.807) is 11.8 Å². The Kier molecular flexibility index (Phi) is 4.28. The maximum absolute atomic E-state index is 11.8. The van der Waals surface area contributed by atoms with E-state index in [0.717, 1.165) is 31.1 Å². The van der Waals surface area contributed by atoms with E-state index in [-0.39, 0.29) is 11.9 Å². The average Bonchev–Trinajstić information content (AvgIpc) is 3.13. The van der Waals surface area contributed by atoms with Crippen LogP contribution < -0.4 is 10.6 Å². The SMILES string of the molecule is O=C(NCCCn1ccc2ccccc21)C1CSCN1. The molecule has 20 heavy (non-hydrogen) atoms. The van der Waals surface area contributed by atoms with Crippen molar-refractivity contribution < 1.29 is 4.79 Å². The monoisotopic (exact) mass is 289 g/mol. The van der Waals surface area contributed by atoms with Crippen LogP contribution in [0.2, 0.25) is 0 Å². The number of amides is 1. The van der Waals surface area contributed by atoms with Gasteiger partial charge in [0.1, 0.15) is 0 Å². The van der Waals surface area contributed by atoms with E-state index in [1.165, 1.54) is 10.9 Å². The Bertz CT molecular complexity index is 590. The van der Waals surface area contributed by atoms with Crippen LogP contribution in [-0.4, -0.2) is 34.7 Å². The summed E-state index contributed by atoms with van der Waals surface area (Å²) >= 11 is 1.77. The van der Waals surface area contributed by atoms with Gasteiger partial charge in [0.05, 0.1) is 6.04 Å². The number of aromatic nitrogens is 1. The van der Waals surface area contributed by atoms with Crippen LogP contribution >= 0.6 is 11.8 Å². The van der Waals surface area contributed by atoms with E-state index in [9.17, 15) is 4.79 Å². The minimum absolute atomic E-state index is 0.00703. The van der Waals surface area contributed by atoms with Crippen LogP contribution in [-0.2, 0) is 11.3 Å². The molecule has 1 aromatic heterocycles. The summed E-state index contributed by atoms with van der Waals surface area (Å²) in [4.78, 5) is 11.8. The second kappa shape index (κ2) is 6.33. The smallest absolute Gasteiger partial charge is 0.238 e. The van der Waals surface area contributed by atoms with Crippen molar-refractivity contribution in [2.24, 2.45) is 0 Å². The summed E-state index contributed by atoms with van der Waals surface area (Å²) in [6.45, 7) is 1.66. The van der Waals surface area contributed by atoms with E-state index >= 15 is 0 Å². The lowest BCUT2D eigenvalue weighted by atomic mass is 10.2. The van der Waals surface area contributed by atoms with Gasteiger partial charge in [-0.1, -0.05) is 18.2 Å². The first kappa shape index (κ1) is 13.5. The van der Waals surface area contributed by atoms with Crippen molar-refractivity contribution in [2.45, 2.75) is 19.0 Å². The van der Waals surface area contributed by atoms with Crippen molar-refractivity contribution in [2.75, 3.05) is 18.2 Å². The molecule has 0 aliphatic carbocycles. The summed E-state index contributed by atoms with van der Waals surface area (Å²) in [7, 11) is 0. The third kappa shape index (κ3) is 2.99. The standard InChI is InChI=1S/C15H19N3OS/c19-15(13-10-20-11-17-13)16-7-3-8-18-9-6-12-4-1-2-5-14(12)18/h1-2,4-6,9,13,17H,3,7-8,10-11H2,(H,16,19). The van der Waals surface area contributed by atoms with Crippen molar-refractivity contribution in [3.05, 3.63) is 36.5 Å². The maximum atomic E-state index is 11.8. The highest BCUT2D eigenvalue weighted by Crippen LogP contribution is 2.15. The van der Waals surface area contributed by atoms with Crippen molar-refractivity contribution in [1.29, 1.82) is 0 Å². The van der Waals surface area contributed by atoms with Gasteiger partial charge in [0.15, 0.2) is 0 Å². The van der Waals surface area contributed by atoms with Gasteiger partial charge in [-0.2, -0.15) is 0 Å². The van der Waals surface area contributed by atoms with Crippen molar-refractivity contribution >= 4 is 28.6 Å². The molecule has 2 N–H and O–H groups in total. The lowest BCUT2D eigenvalue weighted by molar-refractivity contribution is -0.122. The third-order valence-electron chi connectivity index (χ3n) is 3.59. The molecule has 1 saturated heterocycles. The van der Waals surface area contributed by atoms with Gasteiger partial charge >= 0.3 is 0 Å². The first-order chi connectivity index (χ1) is 9.84. The Morgan fingerprint density at radius 2 is 2.30 bits per heavy atom. The Morgan fingerprint density at radius 1 is 1.40 bits per heavy atom. The molecule has 1 aromatic carbocycles. The van der Waals surface area contributed by atoms with Crippen molar-refractivity contribution in [1.82, 2.24) is 15.2 Å². The zero-order valence-corrected chi connectivity index (χ0v) is 12.2. The molecule has 4 nitrogen and oxygen atoms in total. The summed E-state index contributed by atoms with van der Waals surface area (Å²) in [5.41, 5.74) is 1.26. The van der Waals surface area contributed by atoms with E-state index in [4.69, 9.17) is 0 Å². The first-order valence-corrected chi connectivity index (χ1v) is 8.13. The minimum Gasteiger partial charge on any atom is -0.355 e. The van der Waals surface area contributed by atoms with Crippen LogP contribution in [0.25, 0.3) is 10.9 Å². The van der Waals surface area contributed by atoms with Crippen LogP contribution in [0.4, 0.5) is 0 Å². The fourth-order valence-corrected chi connectivity index (χ4v) is 3.43. The van der Waals surface area contributed by atoms with E-state index in [2.05, 4.69) is 51.7 Å². The second-order valence-electron chi connectivity index (χ2n) is 4.98. The zero-order valence-electron chi connectivity index (χ0n) is 11.3. The van der Waals surface area contributed by atoms with Crippen LogP contribution in [0.3, 0.4) is 0 Å². The molecule has 0 bridgehead atoms. The van der Waals surface area contributed by atoms with Gasteiger partial charge in [-0.05, 0) is 23.9 Å². The van der Waals surface area contributed by atoms with Gasteiger partial charge in [0, 0.05) is 36.4 Å². The Balaban J connectivity index is 1.47. The van der Waals surface area contributed by atoms with E-state index in [0.29, 0.717) is 0 Å². The van der Waals surface area contributed by atoms with Crippen molar-refractivity contribution in [3.63, 3.8) is 0 Å². The highest BCUT2D eigenvalue weighted by Gasteiger charge is 2.21. The molecule has 1 unspecified atom stereocenters. The number of carbonyl (C=O) groups excluding carboxylic acids is 1. The largest absolute Gasteiger partial charge is 0.355 e. The number of benzene rings is 1. The fourth-order valence-electron chi connectivity index (χ4n) is 2.48. The molecule has 1 amide bonds. The van der Waals surface area contributed by atoms with Gasteiger partial charge in [0.2, 0.25) is 5.91 Å². The quantitative estimate of drug-likeness (QED) is 0.825. The Hall–Kier alpha value is -1.46. The lowest BCUT2D eigenvalue weighted by Crippen LogP contribution is -2.42.